The van der Waals surface area contributed by atoms with E-state index in [-0.39, 0.29) is 36.8 Å². The standard InChI is InChI=1S/C44H22Cl4N2O2S/c45-36-34-35(37(46)39(48)38(36)47)41(52)29(40(34)51)21-25-22-32-42(53-25)28-19-20-33(50(23-11-3-1-4-12-23)24-13-5-2-6-14-24)49-43(28)44(32)30-17-9-7-15-26(30)27-16-8-10-18-31(27)44/h1-22H. The summed E-state index contributed by atoms with van der Waals surface area (Å²) in [5.74, 6) is -0.293. The number of allylic oxidation sites excluding steroid dienone is 1. The van der Waals surface area contributed by atoms with Crippen molar-refractivity contribution in [3.8, 4) is 21.6 Å². The molecule has 0 atom stereocenters. The van der Waals surface area contributed by atoms with Gasteiger partial charge < -0.3 is 0 Å². The van der Waals surface area contributed by atoms with Crippen molar-refractivity contribution in [3.05, 3.63) is 191 Å². The molecule has 2 heterocycles. The predicted molar refractivity (Wildman–Crippen MR) is 216 cm³/mol. The van der Waals surface area contributed by atoms with Crippen LogP contribution in [-0.2, 0) is 5.41 Å². The first kappa shape index (κ1) is 32.6. The van der Waals surface area contributed by atoms with E-state index in [2.05, 4.69) is 95.9 Å². The van der Waals surface area contributed by atoms with Crippen LogP contribution >= 0.6 is 57.7 Å². The third-order valence-corrected chi connectivity index (χ3v) is 13.3. The molecule has 9 heteroatoms. The van der Waals surface area contributed by atoms with Crippen LogP contribution in [0.3, 0.4) is 0 Å². The van der Waals surface area contributed by atoms with Gasteiger partial charge in [0.15, 0.2) is 11.6 Å². The Kier molecular flexibility index (Phi) is 7.39. The Morgan fingerprint density at radius 2 is 1.08 bits per heavy atom. The van der Waals surface area contributed by atoms with E-state index in [0.717, 1.165) is 66.0 Å². The number of carbonyl (C=O) groups excluding carboxylic acids is 2. The van der Waals surface area contributed by atoms with Gasteiger partial charge in [-0.25, -0.2) is 4.98 Å². The van der Waals surface area contributed by atoms with Crippen LogP contribution < -0.4 is 4.90 Å². The zero-order valence-electron chi connectivity index (χ0n) is 27.3. The average Bonchev–Trinajstić information content (AvgIpc) is 3.89. The SMILES string of the molecule is O=C1C(=Cc2cc3c(s2)-c2ccc(N(c4ccccc4)c4ccccc4)nc2C32c3ccccc3-c3ccccc32)C(=O)c2c(Cl)c(Cl)c(Cl)c(Cl)c21. The van der Waals surface area contributed by atoms with Crippen LogP contribution in [0.2, 0.25) is 20.1 Å². The molecule has 0 bridgehead atoms. The molecule has 1 spiro atoms. The lowest BCUT2D eigenvalue weighted by molar-refractivity contribution is 0.0990. The number of nitrogens with zero attached hydrogens (tertiary/aromatic N) is 2. The minimum absolute atomic E-state index is 0.0232. The van der Waals surface area contributed by atoms with E-state index in [0.29, 0.717) is 0 Å². The molecule has 0 aliphatic heterocycles. The van der Waals surface area contributed by atoms with Gasteiger partial charge in [0.2, 0.25) is 0 Å². The third-order valence-electron chi connectivity index (χ3n) is 10.3. The van der Waals surface area contributed by atoms with Crippen molar-refractivity contribution < 1.29 is 9.59 Å². The second-order valence-electron chi connectivity index (χ2n) is 13.0. The van der Waals surface area contributed by atoms with Crippen LogP contribution in [0.15, 0.2) is 133 Å². The van der Waals surface area contributed by atoms with Crippen molar-refractivity contribution in [2.75, 3.05) is 4.90 Å². The van der Waals surface area contributed by atoms with Crippen molar-refractivity contribution in [2.45, 2.75) is 5.41 Å². The summed E-state index contributed by atoms with van der Waals surface area (Å²) in [6, 6.07) is 43.7. The monoisotopic (exact) mass is 782 g/mol. The quantitative estimate of drug-likeness (QED) is 0.0772. The first-order valence-electron chi connectivity index (χ1n) is 16.7. The Morgan fingerprint density at radius 1 is 0.566 bits per heavy atom. The molecule has 254 valence electrons. The number of para-hydroxylation sites is 2. The molecule has 0 saturated carbocycles. The van der Waals surface area contributed by atoms with Crippen LogP contribution in [0, 0.1) is 0 Å². The molecule has 3 aliphatic carbocycles. The summed E-state index contributed by atoms with van der Waals surface area (Å²) in [7, 11) is 0. The fourth-order valence-electron chi connectivity index (χ4n) is 8.18. The highest BCUT2D eigenvalue weighted by atomic mass is 35.5. The fraction of sp³-hybridized carbons (Fsp3) is 0.0227. The smallest absolute Gasteiger partial charge is 0.199 e. The van der Waals surface area contributed by atoms with Crippen molar-refractivity contribution in [3.63, 3.8) is 0 Å². The number of ketones is 2. The summed E-state index contributed by atoms with van der Waals surface area (Å²) in [5.41, 5.74) is 8.59. The van der Waals surface area contributed by atoms with E-state index in [1.165, 1.54) is 11.3 Å². The molecular weight excluding hydrogens is 762 g/mol. The molecule has 3 aliphatic rings. The maximum atomic E-state index is 13.8. The van der Waals surface area contributed by atoms with Gasteiger partial charge in [-0.3, -0.25) is 14.5 Å². The number of carbonyl (C=O) groups is 2. The molecule has 0 unspecified atom stereocenters. The summed E-state index contributed by atoms with van der Waals surface area (Å²) in [6.45, 7) is 0. The van der Waals surface area contributed by atoms with Crippen LogP contribution in [0.25, 0.3) is 27.6 Å². The molecule has 0 radical (unpaired) electrons. The predicted octanol–water partition coefficient (Wildman–Crippen LogP) is 13.0. The van der Waals surface area contributed by atoms with Gasteiger partial charge >= 0.3 is 0 Å². The lowest BCUT2D eigenvalue weighted by atomic mass is 9.73. The van der Waals surface area contributed by atoms with Gasteiger partial charge in [0, 0.05) is 26.7 Å². The lowest BCUT2D eigenvalue weighted by Crippen LogP contribution is -2.27. The summed E-state index contributed by atoms with van der Waals surface area (Å²) in [6.07, 6.45) is 1.64. The molecule has 0 amide bonds. The van der Waals surface area contributed by atoms with Gasteiger partial charge in [-0.05, 0) is 76.4 Å². The van der Waals surface area contributed by atoms with E-state index >= 15 is 0 Å². The zero-order valence-corrected chi connectivity index (χ0v) is 31.2. The van der Waals surface area contributed by atoms with E-state index in [4.69, 9.17) is 51.4 Å². The number of pyridine rings is 1. The Morgan fingerprint density at radius 3 is 1.62 bits per heavy atom. The van der Waals surface area contributed by atoms with Gasteiger partial charge in [0.25, 0.3) is 0 Å². The molecule has 2 aromatic heterocycles. The Bertz CT molecular complexity index is 2640. The second-order valence-corrected chi connectivity index (χ2v) is 15.6. The van der Waals surface area contributed by atoms with Crippen molar-refractivity contribution in [1.29, 1.82) is 0 Å². The highest BCUT2D eigenvalue weighted by molar-refractivity contribution is 7.16. The molecule has 53 heavy (non-hydrogen) atoms. The zero-order chi connectivity index (χ0) is 36.2. The number of halogens is 4. The number of rotatable bonds is 4. The molecule has 10 rings (SSSR count). The maximum Gasteiger partial charge on any atom is 0.199 e. The number of anilines is 3. The minimum atomic E-state index is -0.763. The van der Waals surface area contributed by atoms with Crippen LogP contribution in [0.4, 0.5) is 17.2 Å². The summed E-state index contributed by atoms with van der Waals surface area (Å²) < 4.78 is 0. The summed E-state index contributed by atoms with van der Waals surface area (Å²) >= 11 is 27.1. The molecule has 0 fully saturated rings. The van der Waals surface area contributed by atoms with Crippen LogP contribution in [-0.4, -0.2) is 16.6 Å². The van der Waals surface area contributed by atoms with E-state index in [1.807, 2.05) is 36.4 Å². The minimum Gasteiger partial charge on any atom is -0.295 e. The number of aromatic nitrogens is 1. The second kappa shape index (κ2) is 12.0. The first-order chi connectivity index (χ1) is 25.8. The fourth-order valence-corrected chi connectivity index (χ4v) is 10.4. The number of thiophene rings is 1. The Hall–Kier alpha value is -5.01. The van der Waals surface area contributed by atoms with Gasteiger partial charge in [-0.2, -0.15) is 0 Å². The summed E-state index contributed by atoms with van der Waals surface area (Å²) in [5, 5.41) is -0.283. The first-order valence-corrected chi connectivity index (χ1v) is 19.1. The number of benzene rings is 5. The van der Waals surface area contributed by atoms with Crippen molar-refractivity contribution in [1.82, 2.24) is 4.98 Å². The van der Waals surface area contributed by atoms with Gasteiger partial charge in [-0.1, -0.05) is 131 Å². The largest absolute Gasteiger partial charge is 0.295 e. The third kappa shape index (κ3) is 4.46. The van der Waals surface area contributed by atoms with E-state index < -0.39 is 17.0 Å². The van der Waals surface area contributed by atoms with Gasteiger partial charge in [0.1, 0.15) is 5.82 Å². The topological polar surface area (TPSA) is 50.3 Å². The van der Waals surface area contributed by atoms with Crippen LogP contribution in [0.1, 0.15) is 48.0 Å². The lowest BCUT2D eigenvalue weighted by Gasteiger charge is -2.30. The van der Waals surface area contributed by atoms with Crippen molar-refractivity contribution >= 4 is 92.6 Å². The number of hydrogen-bond acceptors (Lipinski definition) is 5. The summed E-state index contributed by atoms with van der Waals surface area (Å²) in [4.78, 5) is 37.1. The highest BCUT2D eigenvalue weighted by Gasteiger charge is 2.54. The molecular formula is C44H22Cl4N2O2S. The molecule has 5 aromatic carbocycles. The average molecular weight is 785 g/mol. The van der Waals surface area contributed by atoms with E-state index in [1.54, 1.807) is 6.08 Å². The molecule has 4 nitrogen and oxygen atoms in total. The Balaban J connectivity index is 1.21. The van der Waals surface area contributed by atoms with Crippen LogP contribution in [0.5, 0.6) is 0 Å². The van der Waals surface area contributed by atoms with E-state index in [9.17, 15) is 9.59 Å². The number of hydrogen-bond donors (Lipinski definition) is 0. The normalized spacial score (nSPS) is 14.2. The van der Waals surface area contributed by atoms with Crippen molar-refractivity contribution in [2.24, 2.45) is 0 Å². The molecule has 0 saturated heterocycles. The number of Topliss-reactive ketones (excluding diaryl/α,β-unsaturated/α-hetero) is 2. The van der Waals surface area contributed by atoms with Gasteiger partial charge in [-0.15, -0.1) is 11.3 Å². The van der Waals surface area contributed by atoms with Gasteiger partial charge in [0.05, 0.1) is 47.9 Å². The Labute approximate surface area is 328 Å². The highest BCUT2D eigenvalue weighted by Crippen LogP contribution is 2.64. The number of fused-ring (bicyclic) bond motifs is 11. The molecule has 7 aromatic rings. The molecule has 0 N–H and O–H groups in total. The maximum absolute atomic E-state index is 13.8.